The molecule has 102 valence electrons. The first-order chi connectivity index (χ1) is 8.86. The number of carboxylic acids is 1. The van der Waals surface area contributed by atoms with Crippen molar-refractivity contribution in [1.82, 2.24) is 0 Å². The van der Waals surface area contributed by atoms with Gasteiger partial charge in [-0.25, -0.2) is 8.78 Å². The Labute approximate surface area is 104 Å². The Balaban J connectivity index is 3.41. The summed E-state index contributed by atoms with van der Waals surface area (Å²) in [6.07, 6.45) is -3.91. The molecule has 0 aliphatic carbocycles. The van der Waals surface area contributed by atoms with Crippen molar-refractivity contribution >= 4 is 5.97 Å². The fourth-order valence-electron chi connectivity index (χ4n) is 1.51. The van der Waals surface area contributed by atoms with Crippen LogP contribution < -0.4 is 4.74 Å². The highest BCUT2D eigenvalue weighted by molar-refractivity contribution is 5.73. The van der Waals surface area contributed by atoms with E-state index >= 15 is 0 Å². The van der Waals surface area contributed by atoms with E-state index in [4.69, 9.17) is 10.4 Å². The molecule has 0 fully saturated rings. The van der Waals surface area contributed by atoms with Crippen LogP contribution in [0.2, 0.25) is 0 Å². The smallest absolute Gasteiger partial charge is 0.387 e. The third-order valence-electron chi connectivity index (χ3n) is 2.20. The second kappa shape index (κ2) is 6.04. The van der Waals surface area contributed by atoms with Gasteiger partial charge in [0.05, 0.1) is 12.0 Å². The maximum Gasteiger partial charge on any atom is 0.387 e. The van der Waals surface area contributed by atoms with Gasteiger partial charge in [0.1, 0.15) is 11.8 Å². The molecule has 0 aromatic heterocycles. The zero-order valence-corrected chi connectivity index (χ0v) is 9.24. The number of nitrogens with zero attached hydrogens (tertiary/aromatic N) is 1. The largest absolute Gasteiger partial charge is 0.481 e. The van der Waals surface area contributed by atoms with Crippen LogP contribution in [0.25, 0.3) is 0 Å². The Kier molecular flexibility index (Phi) is 4.69. The van der Waals surface area contributed by atoms with Crippen LogP contribution >= 0.6 is 0 Å². The van der Waals surface area contributed by atoms with Crippen molar-refractivity contribution in [2.24, 2.45) is 0 Å². The zero-order chi connectivity index (χ0) is 14.6. The first-order valence-corrected chi connectivity index (χ1v) is 4.87. The fourth-order valence-corrected chi connectivity index (χ4v) is 1.51. The number of aliphatic carboxylic acids is 1. The molecule has 0 bridgehead atoms. The third kappa shape index (κ3) is 3.58. The number of ether oxygens (including phenoxy) is 1. The van der Waals surface area contributed by atoms with Gasteiger partial charge in [-0.2, -0.15) is 14.0 Å². The number of carbonyl (C=O) groups is 1. The van der Waals surface area contributed by atoms with Gasteiger partial charge in [-0.15, -0.1) is 0 Å². The molecule has 0 spiro atoms. The van der Waals surface area contributed by atoms with Crippen LogP contribution in [-0.4, -0.2) is 17.7 Å². The minimum absolute atomic E-state index is 0.525. The Hall–Kier alpha value is -2.30. The van der Waals surface area contributed by atoms with Gasteiger partial charge in [0, 0.05) is 5.56 Å². The van der Waals surface area contributed by atoms with Gasteiger partial charge in [-0.05, 0) is 17.7 Å². The molecule has 19 heavy (non-hydrogen) atoms. The number of rotatable bonds is 5. The molecule has 1 rings (SSSR count). The molecular formula is C11H7F4NO3. The van der Waals surface area contributed by atoms with Crippen molar-refractivity contribution in [2.45, 2.75) is 19.5 Å². The van der Waals surface area contributed by atoms with Gasteiger partial charge in [0.15, 0.2) is 0 Å². The monoisotopic (exact) mass is 277 g/mol. The fraction of sp³-hybridized carbons (Fsp3) is 0.273. The predicted octanol–water partition coefficient (Wildman–Crippen LogP) is 2.72. The molecule has 1 aromatic rings. The van der Waals surface area contributed by atoms with Gasteiger partial charge < -0.3 is 9.84 Å². The maximum atomic E-state index is 12.7. The summed E-state index contributed by atoms with van der Waals surface area (Å²) in [5.41, 5.74) is -1.84. The van der Waals surface area contributed by atoms with E-state index in [0.717, 1.165) is 12.1 Å². The number of carboxylic acid groups (broad SMARTS) is 1. The molecule has 1 aromatic carbocycles. The molecule has 0 saturated heterocycles. The normalized spacial score (nSPS) is 10.6. The molecule has 0 unspecified atom stereocenters. The van der Waals surface area contributed by atoms with Crippen LogP contribution in [0.1, 0.15) is 23.1 Å². The van der Waals surface area contributed by atoms with Crippen molar-refractivity contribution in [3.8, 4) is 11.8 Å². The highest BCUT2D eigenvalue weighted by atomic mass is 19.3. The summed E-state index contributed by atoms with van der Waals surface area (Å²) in [5.74, 6) is -2.09. The average Bonchev–Trinajstić information content (AvgIpc) is 2.27. The summed E-state index contributed by atoms with van der Waals surface area (Å²) in [5, 5.41) is 17.4. The Morgan fingerprint density at radius 3 is 2.42 bits per heavy atom. The highest BCUT2D eigenvalue weighted by Crippen LogP contribution is 2.32. The molecule has 0 amide bonds. The first-order valence-electron chi connectivity index (χ1n) is 4.87. The van der Waals surface area contributed by atoms with Crippen molar-refractivity contribution < 1.29 is 32.2 Å². The van der Waals surface area contributed by atoms with Gasteiger partial charge in [-0.1, -0.05) is 0 Å². The summed E-state index contributed by atoms with van der Waals surface area (Å²) >= 11 is 0. The summed E-state index contributed by atoms with van der Waals surface area (Å²) in [7, 11) is 0. The number of hydrogen-bond acceptors (Lipinski definition) is 3. The van der Waals surface area contributed by atoms with E-state index in [1.807, 2.05) is 0 Å². The van der Waals surface area contributed by atoms with Crippen molar-refractivity contribution in [3.63, 3.8) is 0 Å². The van der Waals surface area contributed by atoms with E-state index in [9.17, 15) is 22.4 Å². The number of alkyl halides is 4. The number of nitriles is 1. The van der Waals surface area contributed by atoms with E-state index in [-0.39, 0.29) is 0 Å². The van der Waals surface area contributed by atoms with E-state index in [0.29, 0.717) is 0 Å². The van der Waals surface area contributed by atoms with Gasteiger partial charge in [0.2, 0.25) is 0 Å². The highest BCUT2D eigenvalue weighted by Gasteiger charge is 2.23. The standard InChI is InChI=1S/C11H7F4NO3/c12-10(13)5-1-2-8(19-11(14)15)7(4-16)6(5)3-9(17)18/h1-2,10-11H,3H2,(H,17,18). The maximum absolute atomic E-state index is 12.7. The van der Waals surface area contributed by atoms with Crippen LogP contribution in [0, 0.1) is 11.3 Å². The quantitative estimate of drug-likeness (QED) is 0.840. The zero-order valence-electron chi connectivity index (χ0n) is 9.24. The van der Waals surface area contributed by atoms with Crippen LogP contribution in [0.4, 0.5) is 17.6 Å². The van der Waals surface area contributed by atoms with Crippen LogP contribution in [-0.2, 0) is 11.2 Å². The van der Waals surface area contributed by atoms with Crippen LogP contribution in [0.3, 0.4) is 0 Å². The summed E-state index contributed by atoms with van der Waals surface area (Å²) in [6.45, 7) is -3.25. The lowest BCUT2D eigenvalue weighted by Crippen LogP contribution is -2.10. The Morgan fingerprint density at radius 1 is 1.37 bits per heavy atom. The summed E-state index contributed by atoms with van der Waals surface area (Å²) in [6, 6.07) is 2.97. The average molecular weight is 277 g/mol. The lowest BCUT2D eigenvalue weighted by Gasteiger charge is -2.13. The topological polar surface area (TPSA) is 70.3 Å². The second-order valence-corrected chi connectivity index (χ2v) is 3.37. The lowest BCUT2D eigenvalue weighted by molar-refractivity contribution is -0.136. The van der Waals surface area contributed by atoms with Gasteiger partial charge in [0.25, 0.3) is 6.43 Å². The second-order valence-electron chi connectivity index (χ2n) is 3.37. The lowest BCUT2D eigenvalue weighted by atomic mass is 9.98. The third-order valence-corrected chi connectivity index (χ3v) is 2.20. The Bertz CT molecular complexity index is 525. The molecular weight excluding hydrogens is 270 g/mol. The molecule has 0 saturated carbocycles. The minimum atomic E-state index is -3.25. The summed E-state index contributed by atoms with van der Waals surface area (Å²) < 4.78 is 53.6. The first kappa shape index (κ1) is 14.8. The predicted molar refractivity (Wildman–Crippen MR) is 54.1 cm³/mol. The Morgan fingerprint density at radius 2 is 2.00 bits per heavy atom. The molecule has 0 radical (unpaired) electrons. The minimum Gasteiger partial charge on any atom is -0.481 e. The molecule has 0 heterocycles. The molecule has 0 atom stereocenters. The molecule has 0 aliphatic heterocycles. The molecule has 1 N–H and O–H groups in total. The molecule has 4 nitrogen and oxygen atoms in total. The van der Waals surface area contributed by atoms with Crippen LogP contribution in [0.5, 0.6) is 5.75 Å². The van der Waals surface area contributed by atoms with E-state index in [1.54, 1.807) is 0 Å². The SMILES string of the molecule is N#Cc1c(OC(F)F)ccc(C(F)F)c1CC(=O)O. The van der Waals surface area contributed by atoms with Crippen LogP contribution in [0.15, 0.2) is 12.1 Å². The number of hydrogen-bond donors (Lipinski definition) is 1. The molecule has 0 aliphatic rings. The van der Waals surface area contributed by atoms with E-state index in [1.165, 1.54) is 6.07 Å². The number of benzene rings is 1. The van der Waals surface area contributed by atoms with Gasteiger partial charge >= 0.3 is 12.6 Å². The van der Waals surface area contributed by atoms with Gasteiger partial charge in [-0.3, -0.25) is 4.79 Å². The molecule has 8 heteroatoms. The van der Waals surface area contributed by atoms with Crippen molar-refractivity contribution in [3.05, 3.63) is 28.8 Å². The van der Waals surface area contributed by atoms with Crippen molar-refractivity contribution in [2.75, 3.05) is 0 Å². The van der Waals surface area contributed by atoms with Crippen molar-refractivity contribution in [1.29, 1.82) is 5.26 Å². The van der Waals surface area contributed by atoms with E-state index in [2.05, 4.69) is 4.74 Å². The summed E-state index contributed by atoms with van der Waals surface area (Å²) in [4.78, 5) is 10.6. The van der Waals surface area contributed by atoms with E-state index < -0.39 is 47.9 Å². The number of halogens is 4.